The molecule has 6 heteroatoms. The summed E-state index contributed by atoms with van der Waals surface area (Å²) in [4.78, 5) is 11.5. The van der Waals surface area contributed by atoms with E-state index in [0.29, 0.717) is 19.6 Å². The van der Waals surface area contributed by atoms with Crippen LogP contribution in [0.5, 0.6) is 0 Å². The Hall–Kier alpha value is -0.620. The van der Waals surface area contributed by atoms with Gasteiger partial charge in [-0.25, -0.2) is 12.7 Å². The normalized spacial score (nSPS) is 23.0. The first-order chi connectivity index (χ1) is 7.51. The van der Waals surface area contributed by atoms with Crippen molar-refractivity contribution in [3.63, 3.8) is 0 Å². The van der Waals surface area contributed by atoms with Gasteiger partial charge in [0.2, 0.25) is 10.0 Å². The van der Waals surface area contributed by atoms with Crippen LogP contribution >= 0.6 is 0 Å². The fraction of sp³-hybridized carbons (Fsp3) is 0.900. The zero-order valence-corrected chi connectivity index (χ0v) is 10.6. The molecule has 0 aliphatic carbocycles. The van der Waals surface area contributed by atoms with Gasteiger partial charge in [-0.2, -0.15) is 0 Å². The van der Waals surface area contributed by atoms with Gasteiger partial charge in [0.1, 0.15) is 0 Å². The minimum Gasteiger partial charge on any atom is -0.466 e. The molecular formula is C10H19NO4S. The van der Waals surface area contributed by atoms with Gasteiger partial charge in [0.05, 0.1) is 18.3 Å². The van der Waals surface area contributed by atoms with Crippen LogP contribution in [0.15, 0.2) is 0 Å². The second kappa shape index (κ2) is 5.63. The van der Waals surface area contributed by atoms with Crippen molar-refractivity contribution >= 4 is 16.0 Å². The minimum absolute atomic E-state index is 0.0859. The molecule has 1 rings (SSSR count). The molecule has 0 aromatic rings. The first kappa shape index (κ1) is 13.4. The summed E-state index contributed by atoms with van der Waals surface area (Å²) in [6, 6.07) is 0. The predicted molar refractivity (Wildman–Crippen MR) is 60.4 cm³/mol. The van der Waals surface area contributed by atoms with Crippen LogP contribution in [-0.4, -0.2) is 44.1 Å². The van der Waals surface area contributed by atoms with Crippen molar-refractivity contribution in [2.24, 2.45) is 5.92 Å². The molecule has 0 saturated carbocycles. The van der Waals surface area contributed by atoms with Crippen LogP contribution in [0.3, 0.4) is 0 Å². The van der Waals surface area contributed by atoms with Crippen molar-refractivity contribution in [1.82, 2.24) is 4.31 Å². The highest BCUT2D eigenvalue weighted by Crippen LogP contribution is 2.20. The number of nitrogens with zero attached hydrogens (tertiary/aromatic N) is 1. The zero-order chi connectivity index (χ0) is 12.2. The van der Waals surface area contributed by atoms with Crippen molar-refractivity contribution < 1.29 is 17.9 Å². The maximum absolute atomic E-state index is 11.7. The molecule has 0 aromatic carbocycles. The van der Waals surface area contributed by atoms with Crippen LogP contribution < -0.4 is 0 Å². The Morgan fingerprint density at radius 1 is 1.44 bits per heavy atom. The van der Waals surface area contributed by atoms with Gasteiger partial charge >= 0.3 is 5.97 Å². The summed E-state index contributed by atoms with van der Waals surface area (Å²) in [6.07, 6.45) is 1.44. The van der Waals surface area contributed by atoms with Gasteiger partial charge < -0.3 is 4.74 Å². The van der Waals surface area contributed by atoms with E-state index in [1.807, 2.05) is 0 Å². The molecular weight excluding hydrogens is 230 g/mol. The van der Waals surface area contributed by atoms with Gasteiger partial charge in [0.15, 0.2) is 0 Å². The van der Waals surface area contributed by atoms with E-state index in [1.165, 1.54) is 4.31 Å². The molecule has 1 saturated heterocycles. The molecule has 1 heterocycles. The lowest BCUT2D eigenvalue weighted by Gasteiger charge is -2.30. The SMILES string of the molecule is CCOC(=O)[C@@H]1CCCN(S(=O)(=O)CC)C1. The van der Waals surface area contributed by atoms with E-state index in [2.05, 4.69) is 0 Å². The molecule has 0 unspecified atom stereocenters. The van der Waals surface area contributed by atoms with E-state index in [-0.39, 0.29) is 24.2 Å². The third kappa shape index (κ3) is 3.18. The Kier molecular flexibility index (Phi) is 4.73. The maximum atomic E-state index is 11.7. The Morgan fingerprint density at radius 3 is 2.69 bits per heavy atom. The Balaban J connectivity index is 2.64. The number of carbonyl (C=O) groups excluding carboxylic acids is 1. The molecule has 0 spiro atoms. The number of esters is 1. The summed E-state index contributed by atoms with van der Waals surface area (Å²) in [6.45, 7) is 4.50. The minimum atomic E-state index is -3.18. The average molecular weight is 249 g/mol. The standard InChI is InChI=1S/C10H19NO4S/c1-3-15-10(12)9-6-5-7-11(8-9)16(13,14)4-2/h9H,3-8H2,1-2H3/t9-/m1/s1. The van der Waals surface area contributed by atoms with Gasteiger partial charge in [0.25, 0.3) is 0 Å². The fourth-order valence-electron chi connectivity index (χ4n) is 1.83. The number of hydrogen-bond acceptors (Lipinski definition) is 4. The van der Waals surface area contributed by atoms with Gasteiger partial charge in [0, 0.05) is 13.1 Å². The smallest absolute Gasteiger partial charge is 0.310 e. The fourth-order valence-corrected chi connectivity index (χ4v) is 3.01. The molecule has 1 atom stereocenters. The van der Waals surface area contributed by atoms with Gasteiger partial charge in [-0.05, 0) is 26.7 Å². The van der Waals surface area contributed by atoms with Gasteiger partial charge in [-0.15, -0.1) is 0 Å². The highest BCUT2D eigenvalue weighted by atomic mass is 32.2. The zero-order valence-electron chi connectivity index (χ0n) is 9.81. The largest absolute Gasteiger partial charge is 0.466 e. The lowest BCUT2D eigenvalue weighted by Crippen LogP contribution is -2.43. The number of hydrogen-bond donors (Lipinski definition) is 0. The molecule has 1 aliphatic heterocycles. The molecule has 1 fully saturated rings. The summed E-state index contributed by atoms with van der Waals surface area (Å²) >= 11 is 0. The molecule has 0 amide bonds. The number of carbonyl (C=O) groups is 1. The van der Waals surface area contributed by atoms with Crippen LogP contribution in [0.25, 0.3) is 0 Å². The van der Waals surface area contributed by atoms with Crippen molar-refractivity contribution in [3.8, 4) is 0 Å². The highest BCUT2D eigenvalue weighted by molar-refractivity contribution is 7.89. The quantitative estimate of drug-likeness (QED) is 0.685. The van der Waals surface area contributed by atoms with Crippen LogP contribution in [0.1, 0.15) is 26.7 Å². The number of rotatable bonds is 4. The second-order valence-electron chi connectivity index (χ2n) is 3.85. The number of piperidine rings is 1. The van der Waals surface area contributed by atoms with Crippen LogP contribution in [-0.2, 0) is 19.6 Å². The van der Waals surface area contributed by atoms with E-state index in [0.717, 1.165) is 6.42 Å². The Bertz CT molecular complexity index is 339. The van der Waals surface area contributed by atoms with E-state index in [9.17, 15) is 13.2 Å². The lowest BCUT2D eigenvalue weighted by atomic mass is 10.0. The molecule has 16 heavy (non-hydrogen) atoms. The lowest BCUT2D eigenvalue weighted by molar-refractivity contribution is -0.149. The average Bonchev–Trinajstić information content (AvgIpc) is 2.29. The molecule has 0 bridgehead atoms. The topological polar surface area (TPSA) is 63.7 Å². The second-order valence-corrected chi connectivity index (χ2v) is 6.11. The first-order valence-corrected chi connectivity index (χ1v) is 7.26. The Morgan fingerprint density at radius 2 is 2.12 bits per heavy atom. The molecule has 0 N–H and O–H groups in total. The van der Waals surface area contributed by atoms with Crippen LogP contribution in [0.2, 0.25) is 0 Å². The molecule has 1 aliphatic rings. The maximum Gasteiger partial charge on any atom is 0.310 e. The van der Waals surface area contributed by atoms with E-state index in [4.69, 9.17) is 4.74 Å². The van der Waals surface area contributed by atoms with Crippen LogP contribution in [0.4, 0.5) is 0 Å². The highest BCUT2D eigenvalue weighted by Gasteiger charge is 2.31. The van der Waals surface area contributed by atoms with Crippen molar-refractivity contribution in [3.05, 3.63) is 0 Å². The van der Waals surface area contributed by atoms with Crippen molar-refractivity contribution in [2.75, 3.05) is 25.4 Å². The molecule has 94 valence electrons. The van der Waals surface area contributed by atoms with Crippen LogP contribution in [0, 0.1) is 5.92 Å². The summed E-state index contributed by atoms with van der Waals surface area (Å²) in [7, 11) is -3.18. The van der Waals surface area contributed by atoms with Gasteiger partial charge in [-0.1, -0.05) is 0 Å². The molecule has 5 nitrogen and oxygen atoms in total. The monoisotopic (exact) mass is 249 g/mol. The third-order valence-electron chi connectivity index (χ3n) is 2.76. The summed E-state index contributed by atoms with van der Waals surface area (Å²) in [5.41, 5.74) is 0. The summed E-state index contributed by atoms with van der Waals surface area (Å²) in [5, 5.41) is 0. The van der Waals surface area contributed by atoms with E-state index in [1.54, 1.807) is 13.8 Å². The van der Waals surface area contributed by atoms with Crippen molar-refractivity contribution in [2.45, 2.75) is 26.7 Å². The molecule has 0 radical (unpaired) electrons. The third-order valence-corrected chi connectivity index (χ3v) is 4.61. The van der Waals surface area contributed by atoms with Crippen molar-refractivity contribution in [1.29, 1.82) is 0 Å². The van der Waals surface area contributed by atoms with E-state index >= 15 is 0 Å². The van der Waals surface area contributed by atoms with E-state index < -0.39 is 10.0 Å². The predicted octanol–water partition coefficient (Wildman–Crippen LogP) is 0.611. The summed E-state index contributed by atoms with van der Waals surface area (Å²) in [5.74, 6) is -0.490. The number of ether oxygens (including phenoxy) is 1. The Labute approximate surface area is 96.8 Å². The number of sulfonamides is 1. The summed E-state index contributed by atoms with van der Waals surface area (Å²) < 4.78 is 29.6. The molecule has 0 aromatic heterocycles. The van der Waals surface area contributed by atoms with Gasteiger partial charge in [-0.3, -0.25) is 4.79 Å². The first-order valence-electron chi connectivity index (χ1n) is 5.65.